The number of amides is 1. The third kappa shape index (κ3) is 4.80. The summed E-state index contributed by atoms with van der Waals surface area (Å²) < 4.78 is 27.2. The maximum atomic E-state index is 12.8. The molecular weight excluding hydrogens is 388 g/mol. The van der Waals surface area contributed by atoms with Crippen LogP contribution in [0.3, 0.4) is 0 Å². The average Bonchev–Trinajstić information content (AvgIpc) is 2.74. The summed E-state index contributed by atoms with van der Waals surface area (Å²) in [5.74, 6) is -0.150. The second-order valence-electron chi connectivity index (χ2n) is 8.17. The predicted octanol–water partition coefficient (Wildman–Crippen LogP) is 2.03. The molecule has 1 N–H and O–H groups in total. The highest BCUT2D eigenvalue weighted by Crippen LogP contribution is 2.28. The Bertz CT molecular complexity index is 862. The van der Waals surface area contributed by atoms with Crippen LogP contribution in [0.1, 0.15) is 44.6 Å². The largest absolute Gasteiger partial charge is 0.336 e. The van der Waals surface area contributed by atoms with Gasteiger partial charge in [-0.1, -0.05) is 37.0 Å². The average molecular weight is 419 g/mol. The minimum Gasteiger partial charge on any atom is -0.336 e. The zero-order chi connectivity index (χ0) is 21.1. The summed E-state index contributed by atoms with van der Waals surface area (Å²) in [6.07, 6.45) is 4.41. The normalized spacial score (nSPS) is 21.8. The van der Waals surface area contributed by atoms with Crippen molar-refractivity contribution >= 4 is 15.9 Å². The Hall–Kier alpha value is -1.95. The SMILES string of the molecule is Cc1ccc(S(=O)(=O)N2CCN(C(C)C(=O)NC3(C#N)CCCCC3)CC2)cc1. The van der Waals surface area contributed by atoms with Crippen LogP contribution in [0, 0.1) is 18.3 Å². The van der Waals surface area contributed by atoms with E-state index in [2.05, 4.69) is 11.4 Å². The van der Waals surface area contributed by atoms with E-state index in [0.29, 0.717) is 43.9 Å². The molecule has 1 amide bonds. The Morgan fingerprint density at radius 3 is 2.24 bits per heavy atom. The van der Waals surface area contributed by atoms with Gasteiger partial charge in [-0.2, -0.15) is 9.57 Å². The molecule has 1 atom stereocenters. The number of rotatable bonds is 5. The Morgan fingerprint density at radius 2 is 1.69 bits per heavy atom. The van der Waals surface area contributed by atoms with Crippen LogP contribution in [0.2, 0.25) is 0 Å². The van der Waals surface area contributed by atoms with Crippen molar-refractivity contribution in [2.45, 2.75) is 62.4 Å². The van der Waals surface area contributed by atoms with Crippen LogP contribution in [-0.4, -0.2) is 61.3 Å². The smallest absolute Gasteiger partial charge is 0.243 e. The van der Waals surface area contributed by atoms with E-state index in [1.807, 2.05) is 18.7 Å². The molecule has 0 radical (unpaired) electrons. The summed E-state index contributed by atoms with van der Waals surface area (Å²) in [7, 11) is -3.52. The molecule has 0 aromatic heterocycles. The summed E-state index contributed by atoms with van der Waals surface area (Å²) in [5.41, 5.74) is 0.266. The van der Waals surface area contributed by atoms with E-state index >= 15 is 0 Å². The van der Waals surface area contributed by atoms with Gasteiger partial charge in [-0.15, -0.1) is 0 Å². The van der Waals surface area contributed by atoms with Crippen LogP contribution in [0.5, 0.6) is 0 Å². The molecule has 0 bridgehead atoms. The van der Waals surface area contributed by atoms with Gasteiger partial charge >= 0.3 is 0 Å². The molecule has 1 aliphatic carbocycles. The lowest BCUT2D eigenvalue weighted by atomic mass is 9.82. The second-order valence-corrected chi connectivity index (χ2v) is 10.1. The number of carbonyl (C=O) groups excluding carboxylic acids is 1. The zero-order valence-corrected chi connectivity index (χ0v) is 18.0. The molecule has 1 aromatic rings. The van der Waals surface area contributed by atoms with Gasteiger partial charge in [-0.3, -0.25) is 9.69 Å². The van der Waals surface area contributed by atoms with Gasteiger partial charge in [0.1, 0.15) is 5.54 Å². The summed E-state index contributed by atoms with van der Waals surface area (Å²) >= 11 is 0. The molecule has 29 heavy (non-hydrogen) atoms. The number of nitrogens with zero attached hydrogens (tertiary/aromatic N) is 3. The van der Waals surface area contributed by atoms with E-state index in [9.17, 15) is 18.5 Å². The number of piperazine rings is 1. The molecule has 1 saturated heterocycles. The molecule has 158 valence electrons. The number of nitriles is 1. The first-order chi connectivity index (χ1) is 13.8. The Labute approximate surface area is 173 Å². The molecule has 1 saturated carbocycles. The van der Waals surface area contributed by atoms with Crippen molar-refractivity contribution in [3.8, 4) is 6.07 Å². The van der Waals surface area contributed by atoms with E-state index in [1.165, 1.54) is 4.31 Å². The summed E-state index contributed by atoms with van der Waals surface area (Å²) in [4.78, 5) is 15.1. The van der Waals surface area contributed by atoms with Gasteiger partial charge in [0, 0.05) is 26.2 Å². The lowest BCUT2D eigenvalue weighted by Crippen LogP contribution is -2.58. The van der Waals surface area contributed by atoms with Gasteiger partial charge in [0.25, 0.3) is 0 Å². The maximum absolute atomic E-state index is 12.8. The monoisotopic (exact) mass is 418 g/mol. The fourth-order valence-corrected chi connectivity index (χ4v) is 5.54. The first-order valence-electron chi connectivity index (χ1n) is 10.3. The molecular formula is C21H30N4O3S. The molecule has 8 heteroatoms. The van der Waals surface area contributed by atoms with Crippen molar-refractivity contribution in [2.75, 3.05) is 26.2 Å². The van der Waals surface area contributed by atoms with Gasteiger partial charge in [0.2, 0.25) is 15.9 Å². The number of hydrogen-bond acceptors (Lipinski definition) is 5. The van der Waals surface area contributed by atoms with Gasteiger partial charge in [-0.05, 0) is 38.8 Å². The lowest BCUT2D eigenvalue weighted by Gasteiger charge is -2.38. The van der Waals surface area contributed by atoms with Crippen LogP contribution < -0.4 is 5.32 Å². The summed E-state index contributed by atoms with van der Waals surface area (Å²) in [5, 5.41) is 12.6. The van der Waals surface area contributed by atoms with Crippen molar-refractivity contribution in [1.82, 2.24) is 14.5 Å². The summed E-state index contributed by atoms with van der Waals surface area (Å²) in [6, 6.07) is 8.79. The minimum absolute atomic E-state index is 0.150. The van der Waals surface area contributed by atoms with Crippen molar-refractivity contribution in [2.24, 2.45) is 0 Å². The molecule has 2 aliphatic rings. The third-order valence-electron chi connectivity index (χ3n) is 6.14. The number of benzene rings is 1. The first-order valence-corrected chi connectivity index (χ1v) is 11.8. The maximum Gasteiger partial charge on any atom is 0.243 e. The van der Waals surface area contributed by atoms with Crippen molar-refractivity contribution in [1.29, 1.82) is 5.26 Å². The fraction of sp³-hybridized carbons (Fsp3) is 0.619. The van der Waals surface area contributed by atoms with Crippen molar-refractivity contribution < 1.29 is 13.2 Å². The molecule has 1 aromatic carbocycles. The van der Waals surface area contributed by atoms with E-state index in [1.54, 1.807) is 24.3 Å². The van der Waals surface area contributed by atoms with E-state index in [0.717, 1.165) is 24.8 Å². The van der Waals surface area contributed by atoms with Crippen LogP contribution in [-0.2, 0) is 14.8 Å². The Kier molecular flexibility index (Phi) is 6.62. The van der Waals surface area contributed by atoms with Crippen LogP contribution in [0.4, 0.5) is 0 Å². The number of aryl methyl sites for hydroxylation is 1. The van der Waals surface area contributed by atoms with Crippen LogP contribution in [0.15, 0.2) is 29.2 Å². The minimum atomic E-state index is -3.52. The zero-order valence-electron chi connectivity index (χ0n) is 17.2. The Balaban J connectivity index is 1.59. The van der Waals surface area contributed by atoms with E-state index in [-0.39, 0.29) is 5.91 Å². The lowest BCUT2D eigenvalue weighted by molar-refractivity contribution is -0.128. The second kappa shape index (κ2) is 8.82. The van der Waals surface area contributed by atoms with Gasteiger partial charge in [0.05, 0.1) is 17.0 Å². The highest BCUT2D eigenvalue weighted by molar-refractivity contribution is 7.89. The van der Waals surface area contributed by atoms with E-state index < -0.39 is 21.6 Å². The molecule has 2 fully saturated rings. The van der Waals surface area contributed by atoms with Crippen molar-refractivity contribution in [3.63, 3.8) is 0 Å². The van der Waals surface area contributed by atoms with Crippen molar-refractivity contribution in [3.05, 3.63) is 29.8 Å². The number of sulfonamides is 1. The molecule has 3 rings (SSSR count). The topological polar surface area (TPSA) is 93.5 Å². The highest BCUT2D eigenvalue weighted by atomic mass is 32.2. The fourth-order valence-electron chi connectivity index (χ4n) is 4.12. The standard InChI is InChI=1S/C21H30N4O3S/c1-17-6-8-19(9-7-17)29(27,28)25-14-12-24(13-15-25)18(2)20(26)23-21(16-22)10-4-3-5-11-21/h6-9,18H,3-5,10-15H2,1-2H3,(H,23,26). The molecule has 1 unspecified atom stereocenters. The van der Waals surface area contributed by atoms with E-state index in [4.69, 9.17) is 0 Å². The number of hydrogen-bond donors (Lipinski definition) is 1. The van der Waals surface area contributed by atoms with Gasteiger partial charge < -0.3 is 5.32 Å². The Morgan fingerprint density at radius 1 is 1.10 bits per heavy atom. The van der Waals surface area contributed by atoms with Crippen LogP contribution in [0.25, 0.3) is 0 Å². The highest BCUT2D eigenvalue weighted by Gasteiger charge is 2.37. The number of nitrogens with one attached hydrogen (secondary N) is 1. The third-order valence-corrected chi connectivity index (χ3v) is 8.06. The van der Waals surface area contributed by atoms with Crippen LogP contribution >= 0.6 is 0 Å². The molecule has 7 nitrogen and oxygen atoms in total. The molecule has 1 heterocycles. The molecule has 0 spiro atoms. The quantitative estimate of drug-likeness (QED) is 0.790. The van der Waals surface area contributed by atoms with Gasteiger partial charge in [-0.25, -0.2) is 8.42 Å². The predicted molar refractivity (Wildman–Crippen MR) is 111 cm³/mol. The first kappa shape index (κ1) is 21.8. The summed E-state index contributed by atoms with van der Waals surface area (Å²) in [6.45, 7) is 5.41. The van der Waals surface area contributed by atoms with Gasteiger partial charge in [0.15, 0.2) is 0 Å². The molecule has 1 aliphatic heterocycles. The number of carbonyl (C=O) groups is 1.